The van der Waals surface area contributed by atoms with Crippen molar-refractivity contribution < 1.29 is 13.9 Å². The van der Waals surface area contributed by atoms with Crippen LogP contribution in [-0.4, -0.2) is 41.3 Å². The van der Waals surface area contributed by atoms with Crippen LogP contribution in [-0.2, 0) is 11.3 Å². The summed E-state index contributed by atoms with van der Waals surface area (Å²) in [5.41, 5.74) is 0.146. The maximum Gasteiger partial charge on any atom is 0.275 e. The first-order chi connectivity index (χ1) is 12.6. The van der Waals surface area contributed by atoms with Gasteiger partial charge in [0, 0.05) is 31.1 Å². The molecule has 1 amide bonds. The molecule has 1 N–H and O–H groups in total. The topological polar surface area (TPSA) is 75.3 Å². The number of H-pyrrole nitrogens is 1. The molecule has 0 spiro atoms. The van der Waals surface area contributed by atoms with Crippen LogP contribution in [0.1, 0.15) is 16.1 Å². The molecule has 0 unspecified atom stereocenters. The lowest BCUT2D eigenvalue weighted by atomic mass is 10.1. The minimum Gasteiger partial charge on any atom is -0.383 e. The third-order valence-electron chi connectivity index (χ3n) is 4.07. The number of amides is 1. The number of ether oxygens (including phenoxy) is 1. The van der Waals surface area contributed by atoms with Crippen molar-refractivity contribution in [3.05, 3.63) is 76.0 Å². The molecule has 134 valence electrons. The normalized spacial score (nSPS) is 10.8. The molecule has 3 rings (SSSR count). The molecule has 26 heavy (non-hydrogen) atoms. The number of rotatable bonds is 6. The zero-order chi connectivity index (χ0) is 18.5. The van der Waals surface area contributed by atoms with Gasteiger partial charge in [-0.2, -0.15) is 5.10 Å². The van der Waals surface area contributed by atoms with E-state index in [0.717, 1.165) is 0 Å². The van der Waals surface area contributed by atoms with E-state index in [4.69, 9.17) is 4.74 Å². The van der Waals surface area contributed by atoms with Gasteiger partial charge in [-0.1, -0.05) is 36.4 Å². The second kappa shape index (κ2) is 7.88. The first kappa shape index (κ1) is 17.8. The Morgan fingerprint density at radius 1 is 1.15 bits per heavy atom. The predicted octanol–water partition coefficient (Wildman–Crippen LogP) is 2.35. The summed E-state index contributed by atoms with van der Waals surface area (Å²) in [6.45, 7) is 0.629. The van der Waals surface area contributed by atoms with Crippen molar-refractivity contribution in [3.63, 3.8) is 0 Å². The lowest BCUT2D eigenvalue weighted by molar-refractivity contribution is 0.0673. The molecule has 3 aromatic rings. The van der Waals surface area contributed by atoms with Gasteiger partial charge in [0.15, 0.2) is 5.69 Å². The summed E-state index contributed by atoms with van der Waals surface area (Å²) >= 11 is 0. The van der Waals surface area contributed by atoms with Crippen molar-refractivity contribution in [3.8, 4) is 0 Å². The second-order valence-corrected chi connectivity index (χ2v) is 5.76. The Morgan fingerprint density at radius 2 is 1.85 bits per heavy atom. The Bertz CT molecular complexity index is 987. The highest BCUT2D eigenvalue weighted by atomic mass is 19.1. The summed E-state index contributed by atoms with van der Waals surface area (Å²) in [5.74, 6) is -0.792. The number of nitrogens with one attached hydrogen (secondary N) is 1. The van der Waals surface area contributed by atoms with Gasteiger partial charge in [0.1, 0.15) is 5.82 Å². The molecule has 1 heterocycles. The molecule has 0 aliphatic heterocycles. The van der Waals surface area contributed by atoms with Gasteiger partial charge in [0.2, 0.25) is 0 Å². The highest BCUT2D eigenvalue weighted by Gasteiger charge is 2.21. The lowest BCUT2D eigenvalue weighted by Crippen LogP contribution is -2.35. The van der Waals surface area contributed by atoms with Gasteiger partial charge in [0.05, 0.1) is 12.0 Å². The van der Waals surface area contributed by atoms with Crippen LogP contribution in [0, 0.1) is 5.82 Å². The summed E-state index contributed by atoms with van der Waals surface area (Å²) in [7, 11) is 1.53. The smallest absolute Gasteiger partial charge is 0.275 e. The number of benzene rings is 2. The molecule has 0 atom stereocenters. The van der Waals surface area contributed by atoms with Crippen molar-refractivity contribution in [2.45, 2.75) is 6.54 Å². The highest BCUT2D eigenvalue weighted by molar-refractivity contribution is 6.04. The average Bonchev–Trinajstić information content (AvgIpc) is 2.66. The molecule has 0 bridgehead atoms. The van der Waals surface area contributed by atoms with Gasteiger partial charge in [-0.25, -0.2) is 9.49 Å². The van der Waals surface area contributed by atoms with Crippen LogP contribution in [0.4, 0.5) is 4.39 Å². The van der Waals surface area contributed by atoms with E-state index in [1.165, 1.54) is 18.1 Å². The number of aromatic nitrogens is 2. The van der Waals surface area contributed by atoms with Crippen LogP contribution >= 0.6 is 0 Å². The van der Waals surface area contributed by atoms with Gasteiger partial charge < -0.3 is 9.64 Å². The van der Waals surface area contributed by atoms with E-state index < -0.39 is 5.91 Å². The Balaban J connectivity index is 1.99. The quantitative estimate of drug-likeness (QED) is 0.736. The Labute approximate surface area is 149 Å². The van der Waals surface area contributed by atoms with Gasteiger partial charge in [-0.05, 0) is 12.1 Å². The van der Waals surface area contributed by atoms with Crippen molar-refractivity contribution in [1.82, 2.24) is 15.1 Å². The monoisotopic (exact) mass is 355 g/mol. The van der Waals surface area contributed by atoms with Crippen molar-refractivity contribution in [1.29, 1.82) is 0 Å². The third kappa shape index (κ3) is 3.62. The van der Waals surface area contributed by atoms with Gasteiger partial charge >= 0.3 is 0 Å². The Hall–Kier alpha value is -3.06. The number of carbonyl (C=O) groups excluding carboxylic acids is 1. The van der Waals surface area contributed by atoms with E-state index in [-0.39, 0.29) is 30.2 Å². The van der Waals surface area contributed by atoms with Crippen LogP contribution < -0.4 is 5.56 Å². The molecule has 0 aliphatic rings. The lowest BCUT2D eigenvalue weighted by Gasteiger charge is -2.22. The van der Waals surface area contributed by atoms with Crippen LogP contribution in [0.3, 0.4) is 0 Å². The number of carbonyl (C=O) groups is 1. The zero-order valence-electron chi connectivity index (χ0n) is 14.2. The Morgan fingerprint density at radius 3 is 2.58 bits per heavy atom. The molecule has 1 aromatic heterocycles. The van der Waals surface area contributed by atoms with E-state index in [9.17, 15) is 14.0 Å². The third-order valence-corrected chi connectivity index (χ3v) is 4.07. The first-order valence-electron chi connectivity index (χ1n) is 8.11. The van der Waals surface area contributed by atoms with E-state index in [1.807, 2.05) is 0 Å². The van der Waals surface area contributed by atoms with Crippen molar-refractivity contribution in [2.24, 2.45) is 0 Å². The SMILES string of the molecule is COCCN(Cc1ccccc1F)C(=O)c1n[nH]c(=O)c2ccccc12. The molecule has 0 radical (unpaired) electrons. The van der Waals surface area contributed by atoms with E-state index in [1.54, 1.807) is 42.5 Å². The predicted molar refractivity (Wildman–Crippen MR) is 95.4 cm³/mol. The van der Waals surface area contributed by atoms with Crippen LogP contribution in [0.5, 0.6) is 0 Å². The summed E-state index contributed by atoms with van der Waals surface area (Å²) < 4.78 is 19.1. The Kier molecular flexibility index (Phi) is 5.38. The van der Waals surface area contributed by atoms with Crippen LogP contribution in [0.15, 0.2) is 53.3 Å². The summed E-state index contributed by atoms with van der Waals surface area (Å²) in [6, 6.07) is 13.0. The average molecular weight is 355 g/mol. The number of methoxy groups -OCH3 is 1. The minimum absolute atomic E-state index is 0.0734. The van der Waals surface area contributed by atoms with Gasteiger partial charge in [-0.15, -0.1) is 0 Å². The maximum atomic E-state index is 14.0. The number of nitrogens with zero attached hydrogens (tertiary/aromatic N) is 2. The molecule has 0 aliphatic carbocycles. The molecule has 0 saturated heterocycles. The fourth-order valence-corrected chi connectivity index (χ4v) is 2.71. The number of hydrogen-bond acceptors (Lipinski definition) is 4. The first-order valence-corrected chi connectivity index (χ1v) is 8.11. The largest absolute Gasteiger partial charge is 0.383 e. The van der Waals surface area contributed by atoms with E-state index >= 15 is 0 Å². The van der Waals surface area contributed by atoms with Gasteiger partial charge in [-0.3, -0.25) is 9.59 Å². The fourth-order valence-electron chi connectivity index (χ4n) is 2.71. The van der Waals surface area contributed by atoms with Gasteiger partial charge in [0.25, 0.3) is 11.5 Å². The molecule has 6 nitrogen and oxygen atoms in total. The maximum absolute atomic E-state index is 14.0. The van der Waals surface area contributed by atoms with Crippen molar-refractivity contribution >= 4 is 16.7 Å². The molecular formula is C19H18FN3O3. The van der Waals surface area contributed by atoms with E-state index in [2.05, 4.69) is 10.2 Å². The zero-order valence-corrected chi connectivity index (χ0v) is 14.2. The molecule has 0 fully saturated rings. The fraction of sp³-hybridized carbons (Fsp3) is 0.211. The number of halogens is 1. The molecule has 0 saturated carbocycles. The summed E-state index contributed by atoms with van der Waals surface area (Å²) in [6.07, 6.45) is 0. The van der Waals surface area contributed by atoms with E-state index in [0.29, 0.717) is 22.9 Å². The van der Waals surface area contributed by atoms with Crippen molar-refractivity contribution in [2.75, 3.05) is 20.3 Å². The number of aromatic amines is 1. The summed E-state index contributed by atoms with van der Waals surface area (Å²) in [5, 5.41) is 7.12. The molecule has 7 heteroatoms. The van der Waals surface area contributed by atoms with Crippen LogP contribution in [0.25, 0.3) is 10.8 Å². The number of fused-ring (bicyclic) bond motifs is 1. The highest BCUT2D eigenvalue weighted by Crippen LogP contribution is 2.17. The number of hydrogen-bond donors (Lipinski definition) is 1. The molecular weight excluding hydrogens is 337 g/mol. The second-order valence-electron chi connectivity index (χ2n) is 5.76. The molecule has 2 aromatic carbocycles. The standard InChI is InChI=1S/C19H18FN3O3/c1-26-11-10-23(12-13-6-2-5-9-16(13)20)19(25)17-14-7-3-4-8-15(14)18(24)22-21-17/h2-9H,10-12H2,1H3,(H,22,24). The summed E-state index contributed by atoms with van der Waals surface area (Å²) in [4.78, 5) is 26.4. The minimum atomic E-state index is -0.405. The van der Waals surface area contributed by atoms with Crippen LogP contribution in [0.2, 0.25) is 0 Å².